The van der Waals surface area contributed by atoms with E-state index in [4.69, 9.17) is 18.9 Å². The van der Waals surface area contributed by atoms with Crippen LogP contribution in [0.2, 0.25) is 0 Å². The summed E-state index contributed by atoms with van der Waals surface area (Å²) in [6.45, 7) is 6.74. The molecule has 0 aliphatic rings. The summed E-state index contributed by atoms with van der Waals surface area (Å²) in [6, 6.07) is 20.0. The zero-order valence-corrected chi connectivity index (χ0v) is 20.8. The van der Waals surface area contributed by atoms with E-state index < -0.39 is 24.1 Å². The van der Waals surface area contributed by atoms with E-state index in [-0.39, 0.29) is 37.6 Å². The number of carbonyl (C=O) groups is 2. The smallest absolute Gasteiger partial charge is 0.338 e. The molecule has 8 nitrogen and oxygen atoms in total. The van der Waals surface area contributed by atoms with E-state index in [0.717, 1.165) is 11.1 Å². The molecule has 0 bridgehead atoms. The van der Waals surface area contributed by atoms with Crippen molar-refractivity contribution in [2.24, 2.45) is 0 Å². The third-order valence-electron chi connectivity index (χ3n) is 5.29. The van der Waals surface area contributed by atoms with Gasteiger partial charge in [0.25, 0.3) is 0 Å². The van der Waals surface area contributed by atoms with Gasteiger partial charge in [-0.2, -0.15) is 0 Å². The van der Waals surface area contributed by atoms with Gasteiger partial charge in [-0.05, 0) is 59.7 Å². The third-order valence-corrected chi connectivity index (χ3v) is 5.29. The second-order valence-electron chi connectivity index (χ2n) is 8.25. The molecular weight excluding hydrogens is 488 g/mol. The topological polar surface area (TPSA) is 112 Å². The van der Waals surface area contributed by atoms with Gasteiger partial charge in [0.05, 0.1) is 11.1 Å². The van der Waals surface area contributed by atoms with Gasteiger partial charge in [-0.3, -0.25) is 0 Å². The lowest BCUT2D eigenvalue weighted by Gasteiger charge is -2.14. The fraction of sp³-hybridized carbons (Fsp3) is 0.200. The van der Waals surface area contributed by atoms with E-state index in [1.54, 1.807) is 36.4 Å². The van der Waals surface area contributed by atoms with Gasteiger partial charge in [0.1, 0.15) is 50.1 Å². The van der Waals surface area contributed by atoms with Crippen molar-refractivity contribution in [3.05, 3.63) is 108 Å². The third kappa shape index (κ3) is 8.92. The van der Waals surface area contributed by atoms with Gasteiger partial charge >= 0.3 is 11.9 Å². The molecule has 0 saturated carbocycles. The Hall–Kier alpha value is -4.40. The predicted octanol–water partition coefficient (Wildman–Crippen LogP) is 4.17. The Morgan fingerprint density at radius 2 is 0.947 bits per heavy atom. The van der Waals surface area contributed by atoms with Crippen molar-refractivity contribution >= 4 is 24.1 Å². The van der Waals surface area contributed by atoms with Gasteiger partial charge in [0.15, 0.2) is 0 Å². The minimum Gasteiger partial charge on any atom is -0.491 e. The molecule has 0 aliphatic carbocycles. The first-order valence-corrected chi connectivity index (χ1v) is 11.9. The molecule has 8 heteroatoms. The lowest BCUT2D eigenvalue weighted by atomic mass is 10.1. The van der Waals surface area contributed by atoms with Crippen LogP contribution in [0.3, 0.4) is 0 Å². The van der Waals surface area contributed by atoms with Gasteiger partial charge in [0, 0.05) is 0 Å². The van der Waals surface area contributed by atoms with E-state index >= 15 is 0 Å². The largest absolute Gasteiger partial charge is 0.491 e. The van der Waals surface area contributed by atoms with Gasteiger partial charge in [-0.25, -0.2) is 9.59 Å². The maximum absolute atomic E-state index is 12.3. The molecule has 0 saturated heterocycles. The fourth-order valence-electron chi connectivity index (χ4n) is 3.13. The van der Waals surface area contributed by atoms with Gasteiger partial charge in [-0.1, -0.05) is 49.6 Å². The highest BCUT2D eigenvalue weighted by Crippen LogP contribution is 2.15. The molecule has 3 aromatic carbocycles. The van der Waals surface area contributed by atoms with Crippen molar-refractivity contribution in [3.8, 4) is 11.5 Å². The van der Waals surface area contributed by atoms with Crippen LogP contribution in [-0.2, 0) is 9.47 Å². The summed E-state index contributed by atoms with van der Waals surface area (Å²) in [4.78, 5) is 24.5. The van der Waals surface area contributed by atoms with Gasteiger partial charge < -0.3 is 29.2 Å². The van der Waals surface area contributed by atoms with Gasteiger partial charge in [0.2, 0.25) is 0 Å². The van der Waals surface area contributed by atoms with Crippen molar-refractivity contribution in [2.45, 2.75) is 12.2 Å². The first kappa shape index (κ1) is 28.2. The zero-order valence-electron chi connectivity index (χ0n) is 20.8. The molecule has 0 aromatic heterocycles. The Morgan fingerprint density at radius 3 is 1.26 bits per heavy atom. The average molecular weight is 519 g/mol. The molecule has 0 spiro atoms. The Morgan fingerprint density at radius 1 is 0.605 bits per heavy atom. The number of esters is 2. The number of rotatable bonds is 14. The summed E-state index contributed by atoms with van der Waals surface area (Å²) in [5.74, 6) is -0.176. The summed E-state index contributed by atoms with van der Waals surface area (Å²) < 4.78 is 21.2. The summed E-state index contributed by atoms with van der Waals surface area (Å²) in [6.07, 6.45) is 1.38. The Kier molecular flexibility index (Phi) is 10.7. The summed E-state index contributed by atoms with van der Waals surface area (Å²) in [5.41, 5.74) is 2.29. The van der Waals surface area contributed by atoms with Crippen molar-refractivity contribution in [3.63, 3.8) is 0 Å². The highest BCUT2D eigenvalue weighted by atomic mass is 16.6. The first-order chi connectivity index (χ1) is 18.4. The molecule has 0 aliphatic heterocycles. The Balaban J connectivity index is 1.37. The maximum Gasteiger partial charge on any atom is 0.338 e. The SMILES string of the molecule is C=Cc1ccc(OCC(O)COC(=O)c2ccc(C(=O)OCC(O)COc3ccc(C=C)cc3)cc2)cc1. The lowest BCUT2D eigenvalue weighted by molar-refractivity contribution is 0.0123. The number of hydrogen-bond acceptors (Lipinski definition) is 8. The van der Waals surface area contributed by atoms with Crippen LogP contribution in [0.5, 0.6) is 11.5 Å². The summed E-state index contributed by atoms with van der Waals surface area (Å²) >= 11 is 0. The molecule has 2 N–H and O–H groups in total. The van der Waals surface area contributed by atoms with Crippen LogP contribution in [0.25, 0.3) is 12.2 Å². The number of aliphatic hydroxyl groups is 2. The highest BCUT2D eigenvalue weighted by molar-refractivity contribution is 5.93. The van der Waals surface area contributed by atoms with Crippen LogP contribution in [0.15, 0.2) is 86.0 Å². The first-order valence-electron chi connectivity index (χ1n) is 11.9. The summed E-state index contributed by atoms with van der Waals surface area (Å²) in [5, 5.41) is 20.1. The standard InChI is InChI=1S/C30H30O8/c1-3-21-5-13-27(14-6-21)35-17-25(31)19-37-29(33)23-9-11-24(12-10-23)30(34)38-20-26(32)18-36-28-15-7-22(4-2)8-16-28/h3-16,25-26,31-32H,1-2,17-20H2. The van der Waals surface area contributed by atoms with Gasteiger partial charge in [-0.15, -0.1) is 0 Å². The van der Waals surface area contributed by atoms with Crippen molar-refractivity contribution < 1.29 is 38.7 Å². The molecule has 2 unspecified atom stereocenters. The minimum absolute atomic E-state index is 0.0516. The molecule has 198 valence electrons. The van der Waals surface area contributed by atoms with E-state index in [9.17, 15) is 19.8 Å². The van der Waals surface area contributed by atoms with E-state index in [0.29, 0.717) is 11.5 Å². The fourth-order valence-corrected chi connectivity index (χ4v) is 3.13. The normalized spacial score (nSPS) is 12.1. The lowest BCUT2D eigenvalue weighted by Crippen LogP contribution is -2.25. The Bertz CT molecular complexity index is 1100. The van der Waals surface area contributed by atoms with E-state index in [2.05, 4.69) is 13.2 Å². The second-order valence-corrected chi connectivity index (χ2v) is 8.25. The van der Waals surface area contributed by atoms with E-state index in [1.807, 2.05) is 24.3 Å². The number of hydrogen-bond donors (Lipinski definition) is 2. The van der Waals surface area contributed by atoms with Crippen LogP contribution in [0.1, 0.15) is 31.8 Å². The molecule has 38 heavy (non-hydrogen) atoms. The monoisotopic (exact) mass is 518 g/mol. The molecular formula is C30H30O8. The van der Waals surface area contributed by atoms with Crippen LogP contribution in [0.4, 0.5) is 0 Å². The average Bonchev–Trinajstić information content (AvgIpc) is 2.97. The molecule has 0 amide bonds. The minimum atomic E-state index is -1.02. The maximum atomic E-state index is 12.3. The van der Waals surface area contributed by atoms with Crippen LogP contribution >= 0.6 is 0 Å². The number of aliphatic hydroxyl groups excluding tert-OH is 2. The van der Waals surface area contributed by atoms with Crippen molar-refractivity contribution in [2.75, 3.05) is 26.4 Å². The van der Waals surface area contributed by atoms with Crippen LogP contribution < -0.4 is 9.47 Å². The Labute approximate surface area is 221 Å². The number of benzene rings is 3. The molecule has 3 rings (SSSR count). The van der Waals surface area contributed by atoms with Crippen LogP contribution in [0, 0.1) is 0 Å². The zero-order chi connectivity index (χ0) is 27.3. The molecule has 0 radical (unpaired) electrons. The molecule has 3 aromatic rings. The predicted molar refractivity (Wildman–Crippen MR) is 143 cm³/mol. The quantitative estimate of drug-likeness (QED) is 0.306. The molecule has 0 fully saturated rings. The molecule has 2 atom stereocenters. The van der Waals surface area contributed by atoms with Crippen LogP contribution in [-0.4, -0.2) is 60.8 Å². The van der Waals surface area contributed by atoms with E-state index in [1.165, 1.54) is 24.3 Å². The number of ether oxygens (including phenoxy) is 4. The van der Waals surface area contributed by atoms with Crippen molar-refractivity contribution in [1.29, 1.82) is 0 Å². The molecule has 0 heterocycles. The van der Waals surface area contributed by atoms with Crippen molar-refractivity contribution in [1.82, 2.24) is 0 Å². The second kappa shape index (κ2) is 14.4. The highest BCUT2D eigenvalue weighted by Gasteiger charge is 2.15. The summed E-state index contributed by atoms with van der Waals surface area (Å²) in [7, 11) is 0. The number of carbonyl (C=O) groups excluding carboxylic acids is 2.